The Hall–Kier alpha value is -3.15. The molecule has 1 aromatic heterocycles. The van der Waals surface area contributed by atoms with Gasteiger partial charge >= 0.3 is 5.97 Å². The van der Waals surface area contributed by atoms with Gasteiger partial charge in [0.25, 0.3) is 0 Å². The van der Waals surface area contributed by atoms with E-state index in [4.69, 9.17) is 4.74 Å². The van der Waals surface area contributed by atoms with Crippen molar-refractivity contribution in [1.29, 1.82) is 0 Å². The van der Waals surface area contributed by atoms with Crippen molar-refractivity contribution < 1.29 is 18.7 Å². The second-order valence-corrected chi connectivity index (χ2v) is 9.85. The van der Waals surface area contributed by atoms with Gasteiger partial charge < -0.3 is 14.2 Å². The van der Waals surface area contributed by atoms with Crippen LogP contribution in [-0.2, 0) is 40.1 Å². The fourth-order valence-corrected chi connectivity index (χ4v) is 5.46. The number of rotatable bonds is 9. The Morgan fingerprint density at radius 2 is 1.91 bits per heavy atom. The average Bonchev–Trinajstić information content (AvgIpc) is 3.65. The SMILES string of the molecule is CCOC(=O)Cn1c2c(c3cc(F)ccc31)C[C@@H](N(CC1CC1)C(=O)CCc1ccccc1)CC2. The van der Waals surface area contributed by atoms with E-state index in [2.05, 4.69) is 17.0 Å². The lowest BCUT2D eigenvalue weighted by Gasteiger charge is -2.35. The van der Waals surface area contributed by atoms with Gasteiger partial charge in [-0.3, -0.25) is 9.59 Å². The summed E-state index contributed by atoms with van der Waals surface area (Å²) in [5, 5.41) is 0.845. The molecular weight excluding hydrogens is 443 g/mol. The molecule has 0 saturated heterocycles. The van der Waals surface area contributed by atoms with Crippen molar-refractivity contribution in [3.63, 3.8) is 0 Å². The first-order valence-corrected chi connectivity index (χ1v) is 12.8. The van der Waals surface area contributed by atoms with Crippen LogP contribution in [-0.4, -0.2) is 40.5 Å². The summed E-state index contributed by atoms with van der Waals surface area (Å²) < 4.78 is 21.4. The maximum Gasteiger partial charge on any atom is 0.325 e. The van der Waals surface area contributed by atoms with Gasteiger partial charge in [-0.15, -0.1) is 0 Å². The number of hydrogen-bond acceptors (Lipinski definition) is 3. The van der Waals surface area contributed by atoms with Gasteiger partial charge in [-0.2, -0.15) is 0 Å². The summed E-state index contributed by atoms with van der Waals surface area (Å²) in [6, 6.07) is 15.0. The molecule has 1 atom stereocenters. The van der Waals surface area contributed by atoms with Crippen molar-refractivity contribution in [2.75, 3.05) is 13.2 Å². The zero-order chi connectivity index (χ0) is 24.4. The van der Waals surface area contributed by atoms with Crippen LogP contribution < -0.4 is 0 Å². The summed E-state index contributed by atoms with van der Waals surface area (Å²) in [4.78, 5) is 27.9. The van der Waals surface area contributed by atoms with E-state index < -0.39 is 0 Å². The molecule has 2 aliphatic rings. The topological polar surface area (TPSA) is 51.5 Å². The smallest absolute Gasteiger partial charge is 0.325 e. The zero-order valence-electron chi connectivity index (χ0n) is 20.3. The lowest BCUT2D eigenvalue weighted by molar-refractivity contribution is -0.143. The second-order valence-electron chi connectivity index (χ2n) is 9.85. The molecule has 1 amide bonds. The number of carbonyl (C=O) groups is 2. The van der Waals surface area contributed by atoms with Crippen molar-refractivity contribution >= 4 is 22.8 Å². The number of benzene rings is 2. The molecule has 1 fully saturated rings. The molecular formula is C29H33FN2O3. The van der Waals surface area contributed by atoms with Crippen LogP contribution in [0.2, 0.25) is 0 Å². The van der Waals surface area contributed by atoms with E-state index in [9.17, 15) is 14.0 Å². The first-order chi connectivity index (χ1) is 17.0. The minimum Gasteiger partial charge on any atom is -0.465 e. The van der Waals surface area contributed by atoms with E-state index in [-0.39, 0.29) is 30.3 Å². The standard InChI is InChI=1S/C29H33FN2O3/c1-2-35-29(34)19-32-26-13-11-22(30)16-24(26)25-17-23(12-14-27(25)32)31(18-21-8-9-21)28(33)15-10-20-6-4-3-5-7-20/h3-7,11,13,16,21,23H,2,8-10,12,14-15,17-19H2,1H3/t23-/m0/s1. The summed E-state index contributed by atoms with van der Waals surface area (Å²) in [6.45, 7) is 3.06. The minimum atomic E-state index is -0.288. The third-order valence-electron chi connectivity index (χ3n) is 7.38. The highest BCUT2D eigenvalue weighted by molar-refractivity contribution is 5.87. The van der Waals surface area contributed by atoms with Gasteiger partial charge in [0.2, 0.25) is 5.91 Å². The van der Waals surface area contributed by atoms with Crippen molar-refractivity contribution in [2.45, 2.75) is 64.5 Å². The maximum absolute atomic E-state index is 14.3. The number of halogens is 1. The van der Waals surface area contributed by atoms with Gasteiger partial charge in [-0.1, -0.05) is 30.3 Å². The predicted molar refractivity (Wildman–Crippen MR) is 134 cm³/mol. The molecule has 5 nitrogen and oxygen atoms in total. The predicted octanol–water partition coefficient (Wildman–Crippen LogP) is 5.07. The summed E-state index contributed by atoms with van der Waals surface area (Å²) in [5.74, 6) is 0.227. The number of nitrogens with zero attached hydrogens (tertiary/aromatic N) is 2. The Kier molecular flexibility index (Phi) is 6.89. The van der Waals surface area contributed by atoms with Crippen LogP contribution in [0, 0.1) is 11.7 Å². The molecule has 5 rings (SSSR count). The molecule has 0 spiro atoms. The highest BCUT2D eigenvalue weighted by Crippen LogP contribution is 2.37. The number of fused-ring (bicyclic) bond motifs is 3. The maximum atomic E-state index is 14.3. The number of aryl methyl sites for hydroxylation is 1. The molecule has 0 radical (unpaired) electrons. The van der Waals surface area contributed by atoms with Gasteiger partial charge in [0, 0.05) is 35.6 Å². The van der Waals surface area contributed by atoms with E-state index in [1.807, 2.05) is 22.8 Å². The van der Waals surface area contributed by atoms with Crippen molar-refractivity contribution in [1.82, 2.24) is 9.47 Å². The normalized spacial score (nSPS) is 17.3. The number of amides is 1. The Balaban J connectivity index is 1.40. The van der Waals surface area contributed by atoms with Gasteiger partial charge in [-0.05, 0) is 80.7 Å². The average molecular weight is 477 g/mol. The Morgan fingerprint density at radius 1 is 1.11 bits per heavy atom. The molecule has 3 aromatic rings. The van der Waals surface area contributed by atoms with E-state index >= 15 is 0 Å². The Bertz CT molecular complexity index is 1220. The van der Waals surface area contributed by atoms with Gasteiger partial charge in [0.15, 0.2) is 0 Å². The summed E-state index contributed by atoms with van der Waals surface area (Å²) >= 11 is 0. The molecule has 0 unspecified atom stereocenters. The Morgan fingerprint density at radius 3 is 2.66 bits per heavy atom. The van der Waals surface area contributed by atoms with Crippen LogP contribution in [0.25, 0.3) is 10.9 Å². The zero-order valence-corrected chi connectivity index (χ0v) is 20.3. The number of aromatic nitrogens is 1. The minimum absolute atomic E-state index is 0.0938. The quantitative estimate of drug-likeness (QED) is 0.405. The molecule has 35 heavy (non-hydrogen) atoms. The molecule has 2 aromatic carbocycles. The van der Waals surface area contributed by atoms with Gasteiger partial charge in [0.05, 0.1) is 6.61 Å². The fraction of sp³-hybridized carbons (Fsp3) is 0.448. The Labute approximate surface area is 205 Å². The fourth-order valence-electron chi connectivity index (χ4n) is 5.46. The lowest BCUT2D eigenvalue weighted by Crippen LogP contribution is -2.44. The van der Waals surface area contributed by atoms with Crippen LogP contribution in [0.3, 0.4) is 0 Å². The third-order valence-corrected chi connectivity index (χ3v) is 7.38. The van der Waals surface area contributed by atoms with E-state index in [0.717, 1.165) is 48.0 Å². The van der Waals surface area contributed by atoms with Crippen LogP contribution in [0.15, 0.2) is 48.5 Å². The molecule has 0 aliphatic heterocycles. The van der Waals surface area contributed by atoms with Crippen molar-refractivity contribution in [3.8, 4) is 0 Å². The molecule has 2 aliphatic carbocycles. The van der Waals surface area contributed by atoms with Gasteiger partial charge in [0.1, 0.15) is 12.4 Å². The number of hydrogen-bond donors (Lipinski definition) is 0. The van der Waals surface area contributed by atoms with Crippen LogP contribution in [0.5, 0.6) is 0 Å². The monoisotopic (exact) mass is 476 g/mol. The van der Waals surface area contributed by atoms with Crippen LogP contribution in [0.1, 0.15) is 49.4 Å². The molecule has 1 heterocycles. The summed E-state index contributed by atoms with van der Waals surface area (Å²) in [7, 11) is 0. The molecule has 1 saturated carbocycles. The van der Waals surface area contributed by atoms with E-state index in [1.54, 1.807) is 19.1 Å². The van der Waals surface area contributed by atoms with E-state index in [0.29, 0.717) is 25.4 Å². The van der Waals surface area contributed by atoms with Crippen LogP contribution >= 0.6 is 0 Å². The largest absolute Gasteiger partial charge is 0.465 e. The van der Waals surface area contributed by atoms with Crippen molar-refractivity contribution in [2.24, 2.45) is 5.92 Å². The third kappa shape index (κ3) is 5.26. The van der Waals surface area contributed by atoms with Crippen LogP contribution in [0.4, 0.5) is 4.39 Å². The highest BCUT2D eigenvalue weighted by atomic mass is 19.1. The molecule has 0 N–H and O–H groups in total. The first-order valence-electron chi connectivity index (χ1n) is 12.8. The highest BCUT2D eigenvalue weighted by Gasteiger charge is 2.35. The summed E-state index contributed by atoms with van der Waals surface area (Å²) in [5.41, 5.74) is 4.17. The molecule has 6 heteroatoms. The number of esters is 1. The van der Waals surface area contributed by atoms with E-state index in [1.165, 1.54) is 24.5 Å². The number of ether oxygens (including phenoxy) is 1. The summed E-state index contributed by atoms with van der Waals surface area (Å²) in [6.07, 6.45) is 5.90. The van der Waals surface area contributed by atoms with Crippen molar-refractivity contribution in [3.05, 3.63) is 71.2 Å². The lowest BCUT2D eigenvalue weighted by atomic mass is 9.89. The molecule has 184 valence electrons. The number of carbonyl (C=O) groups excluding carboxylic acids is 2. The first kappa shape index (κ1) is 23.6. The molecule has 0 bridgehead atoms. The van der Waals surface area contributed by atoms with Gasteiger partial charge in [-0.25, -0.2) is 4.39 Å². The second kappa shape index (κ2) is 10.2.